The first-order valence-corrected chi connectivity index (χ1v) is 9.19. The number of hydrogen-bond donors (Lipinski definition) is 1. The number of sulfonamides is 1. The van der Waals surface area contributed by atoms with E-state index < -0.39 is 10.0 Å². The lowest BCUT2D eigenvalue weighted by atomic mass is 10.2. The van der Waals surface area contributed by atoms with Crippen LogP contribution in [0, 0.1) is 5.92 Å². The number of benzene rings is 1. The molecule has 0 amide bonds. The molecular formula is C14H21BrN2O4S. The van der Waals surface area contributed by atoms with Crippen LogP contribution in [-0.2, 0) is 10.0 Å². The SMILES string of the molecule is COc1cc(Br)c(S(=O)(=O)N(C)C(CN)C2CC2)cc1OC. The van der Waals surface area contributed by atoms with Crippen LogP contribution in [0.2, 0.25) is 0 Å². The molecule has 0 heterocycles. The molecule has 0 saturated heterocycles. The van der Waals surface area contributed by atoms with E-state index in [1.165, 1.54) is 24.6 Å². The van der Waals surface area contributed by atoms with E-state index in [1.54, 1.807) is 13.1 Å². The average molecular weight is 393 g/mol. The number of rotatable bonds is 7. The number of nitrogens with zero attached hydrogens (tertiary/aromatic N) is 1. The summed E-state index contributed by atoms with van der Waals surface area (Å²) in [6.07, 6.45) is 2.05. The normalized spacial score (nSPS) is 16.6. The van der Waals surface area contributed by atoms with Crippen molar-refractivity contribution in [2.45, 2.75) is 23.8 Å². The molecular weight excluding hydrogens is 372 g/mol. The zero-order chi connectivity index (χ0) is 16.5. The molecule has 1 aromatic carbocycles. The number of methoxy groups -OCH3 is 2. The third-order valence-corrected chi connectivity index (χ3v) is 6.81. The standard InChI is InChI=1S/C14H21BrN2O4S/c1-17(11(8-16)9-4-5-9)22(18,19)14-7-13(21-3)12(20-2)6-10(14)15/h6-7,9,11H,4-5,8,16H2,1-3H3. The van der Waals surface area contributed by atoms with E-state index in [9.17, 15) is 8.42 Å². The fourth-order valence-electron chi connectivity index (χ4n) is 2.49. The largest absolute Gasteiger partial charge is 0.493 e. The van der Waals surface area contributed by atoms with Gasteiger partial charge in [-0.1, -0.05) is 0 Å². The lowest BCUT2D eigenvalue weighted by molar-refractivity contribution is 0.338. The Kier molecular flexibility index (Phi) is 5.37. The Morgan fingerprint density at radius 1 is 1.32 bits per heavy atom. The minimum absolute atomic E-state index is 0.145. The Balaban J connectivity index is 2.44. The summed E-state index contributed by atoms with van der Waals surface area (Å²) >= 11 is 3.31. The van der Waals surface area contributed by atoms with Crippen LogP contribution >= 0.6 is 15.9 Å². The summed E-state index contributed by atoms with van der Waals surface area (Å²) in [5.41, 5.74) is 5.77. The molecule has 1 aromatic rings. The Hall–Kier alpha value is -0.830. The van der Waals surface area contributed by atoms with Gasteiger partial charge in [0.25, 0.3) is 0 Å². The monoisotopic (exact) mass is 392 g/mol. The van der Waals surface area contributed by atoms with Crippen LogP contribution in [0.25, 0.3) is 0 Å². The molecule has 0 aliphatic heterocycles. The van der Waals surface area contributed by atoms with E-state index in [-0.39, 0.29) is 10.9 Å². The van der Waals surface area contributed by atoms with Gasteiger partial charge in [-0.2, -0.15) is 4.31 Å². The van der Waals surface area contributed by atoms with Crippen molar-refractivity contribution in [1.29, 1.82) is 0 Å². The quantitative estimate of drug-likeness (QED) is 0.764. The summed E-state index contributed by atoms with van der Waals surface area (Å²) < 4.78 is 38.0. The predicted octanol–water partition coefficient (Wildman–Crippen LogP) is 1.82. The number of likely N-dealkylation sites (N-methyl/N-ethyl adjacent to an activating group) is 1. The minimum atomic E-state index is -3.67. The second-order valence-electron chi connectivity index (χ2n) is 5.30. The van der Waals surface area contributed by atoms with Crippen molar-refractivity contribution >= 4 is 26.0 Å². The van der Waals surface area contributed by atoms with E-state index in [2.05, 4.69) is 15.9 Å². The molecule has 1 saturated carbocycles. The maximum atomic E-state index is 12.9. The molecule has 8 heteroatoms. The van der Waals surface area contributed by atoms with Crippen LogP contribution < -0.4 is 15.2 Å². The number of halogens is 1. The van der Waals surface area contributed by atoms with Gasteiger partial charge >= 0.3 is 0 Å². The second kappa shape index (κ2) is 6.74. The van der Waals surface area contributed by atoms with Gasteiger partial charge in [0, 0.05) is 30.2 Å². The maximum Gasteiger partial charge on any atom is 0.244 e. The van der Waals surface area contributed by atoms with Gasteiger partial charge in [0.15, 0.2) is 11.5 Å². The van der Waals surface area contributed by atoms with Crippen molar-refractivity contribution in [2.75, 3.05) is 27.8 Å². The molecule has 2 rings (SSSR count). The first kappa shape index (κ1) is 17.5. The number of hydrogen-bond acceptors (Lipinski definition) is 5. The zero-order valence-electron chi connectivity index (χ0n) is 12.9. The fourth-order valence-corrected chi connectivity index (χ4v) is 4.91. The summed E-state index contributed by atoms with van der Waals surface area (Å²) in [5.74, 6) is 1.19. The van der Waals surface area contributed by atoms with Gasteiger partial charge in [-0.3, -0.25) is 0 Å². The molecule has 2 N–H and O–H groups in total. The van der Waals surface area contributed by atoms with Crippen LogP contribution in [0.15, 0.2) is 21.5 Å². The maximum absolute atomic E-state index is 12.9. The van der Waals surface area contributed by atoms with Gasteiger partial charge in [-0.05, 0) is 40.8 Å². The van der Waals surface area contributed by atoms with Crippen LogP contribution in [0.3, 0.4) is 0 Å². The highest BCUT2D eigenvalue weighted by Crippen LogP contribution is 2.39. The van der Waals surface area contributed by atoms with Crippen molar-refractivity contribution in [2.24, 2.45) is 11.7 Å². The molecule has 1 aliphatic rings. The van der Waals surface area contributed by atoms with Gasteiger partial charge in [0.1, 0.15) is 4.90 Å². The van der Waals surface area contributed by atoms with Crippen molar-refractivity contribution in [3.8, 4) is 11.5 Å². The summed E-state index contributed by atoms with van der Waals surface area (Å²) in [6.45, 7) is 0.311. The molecule has 22 heavy (non-hydrogen) atoms. The van der Waals surface area contributed by atoms with Crippen LogP contribution in [0.4, 0.5) is 0 Å². The Morgan fingerprint density at radius 3 is 2.32 bits per heavy atom. The average Bonchev–Trinajstić information content (AvgIpc) is 3.32. The zero-order valence-corrected chi connectivity index (χ0v) is 15.3. The molecule has 1 unspecified atom stereocenters. The van der Waals surface area contributed by atoms with Gasteiger partial charge in [0.2, 0.25) is 10.0 Å². The molecule has 1 fully saturated rings. The molecule has 6 nitrogen and oxygen atoms in total. The Labute approximate surface area is 139 Å². The van der Waals surface area contributed by atoms with E-state index in [0.717, 1.165) is 12.8 Å². The first-order chi connectivity index (χ1) is 10.4. The summed E-state index contributed by atoms with van der Waals surface area (Å²) in [4.78, 5) is 0.145. The summed E-state index contributed by atoms with van der Waals surface area (Å²) in [5, 5.41) is 0. The molecule has 0 aromatic heterocycles. The fraction of sp³-hybridized carbons (Fsp3) is 0.571. The van der Waals surface area contributed by atoms with Crippen LogP contribution in [0.5, 0.6) is 11.5 Å². The molecule has 1 atom stereocenters. The van der Waals surface area contributed by atoms with Crippen molar-refractivity contribution in [3.63, 3.8) is 0 Å². The first-order valence-electron chi connectivity index (χ1n) is 6.96. The lowest BCUT2D eigenvalue weighted by Crippen LogP contribution is -2.43. The van der Waals surface area contributed by atoms with Crippen molar-refractivity contribution in [3.05, 3.63) is 16.6 Å². The second-order valence-corrected chi connectivity index (χ2v) is 8.12. The van der Waals surface area contributed by atoms with E-state index in [1.807, 2.05) is 0 Å². The van der Waals surface area contributed by atoms with Crippen LogP contribution in [-0.4, -0.2) is 46.6 Å². The third-order valence-electron chi connectivity index (χ3n) is 3.97. The van der Waals surface area contributed by atoms with Gasteiger partial charge in [0.05, 0.1) is 14.2 Å². The van der Waals surface area contributed by atoms with Crippen LogP contribution in [0.1, 0.15) is 12.8 Å². The third kappa shape index (κ3) is 3.24. The highest BCUT2D eigenvalue weighted by molar-refractivity contribution is 9.10. The highest BCUT2D eigenvalue weighted by Gasteiger charge is 2.39. The summed E-state index contributed by atoms with van der Waals surface area (Å²) in [7, 11) is 0.878. The summed E-state index contributed by atoms with van der Waals surface area (Å²) in [6, 6.07) is 2.88. The van der Waals surface area contributed by atoms with Gasteiger partial charge in [-0.15, -0.1) is 0 Å². The van der Waals surface area contributed by atoms with Crippen molar-refractivity contribution in [1.82, 2.24) is 4.31 Å². The Morgan fingerprint density at radius 2 is 1.86 bits per heavy atom. The molecule has 0 radical (unpaired) electrons. The highest BCUT2D eigenvalue weighted by atomic mass is 79.9. The van der Waals surface area contributed by atoms with E-state index in [0.29, 0.717) is 28.4 Å². The molecule has 124 valence electrons. The molecule has 0 spiro atoms. The minimum Gasteiger partial charge on any atom is -0.493 e. The lowest BCUT2D eigenvalue weighted by Gasteiger charge is -2.27. The Bertz CT molecular complexity index is 646. The predicted molar refractivity (Wildman–Crippen MR) is 87.8 cm³/mol. The number of nitrogens with two attached hydrogens (primary N) is 1. The topological polar surface area (TPSA) is 81.9 Å². The molecule has 0 bridgehead atoms. The molecule has 1 aliphatic carbocycles. The van der Waals surface area contributed by atoms with Gasteiger partial charge in [-0.25, -0.2) is 8.42 Å². The van der Waals surface area contributed by atoms with Crippen molar-refractivity contribution < 1.29 is 17.9 Å². The van der Waals surface area contributed by atoms with E-state index >= 15 is 0 Å². The van der Waals surface area contributed by atoms with E-state index in [4.69, 9.17) is 15.2 Å². The number of ether oxygens (including phenoxy) is 2. The smallest absolute Gasteiger partial charge is 0.244 e. The van der Waals surface area contributed by atoms with Gasteiger partial charge < -0.3 is 15.2 Å².